The third-order valence-electron chi connectivity index (χ3n) is 6.90. The Morgan fingerprint density at radius 3 is 2.54 bits per heavy atom. The van der Waals surface area contributed by atoms with Crippen molar-refractivity contribution < 1.29 is 18.5 Å². The number of hydrogen-bond donors (Lipinski definition) is 2. The lowest BCUT2D eigenvalue weighted by atomic mass is 10.1. The number of amides is 2. The first-order valence-corrected chi connectivity index (χ1v) is 15.7. The number of alkyl halides is 3. The Morgan fingerprint density at radius 1 is 1.12 bits per heavy atom. The van der Waals surface area contributed by atoms with E-state index < -0.39 is 32.1 Å². The lowest BCUT2D eigenvalue weighted by molar-refractivity contribution is -0.119. The first kappa shape index (κ1) is 29.9. The maximum atomic E-state index is 12.9. The number of carbonyl (C=O) groups is 2. The molecule has 41 heavy (non-hydrogen) atoms. The molecule has 0 aromatic carbocycles. The zero-order valence-electron chi connectivity index (χ0n) is 22.6. The van der Waals surface area contributed by atoms with Crippen LogP contribution in [0.2, 0.25) is 0 Å². The minimum atomic E-state index is -2.30. The number of halogens is 3. The molecule has 3 aliphatic rings. The molecule has 2 N–H and O–H groups in total. The fraction of sp³-hybridized carbons (Fsp3) is 0.538. The number of aromatic nitrogens is 4. The summed E-state index contributed by atoms with van der Waals surface area (Å²) in [6, 6.07) is 0. The van der Waals surface area contributed by atoms with Gasteiger partial charge in [0, 0.05) is 37.7 Å². The molecule has 2 aromatic rings. The first-order chi connectivity index (χ1) is 19.4. The average Bonchev–Trinajstić information content (AvgIpc) is 3.73. The Hall–Kier alpha value is -2.54. The van der Waals surface area contributed by atoms with Crippen molar-refractivity contribution in [1.29, 1.82) is 0 Å². The molecule has 1 saturated carbocycles. The second-order valence-electron chi connectivity index (χ2n) is 10.9. The number of anilines is 2. The van der Waals surface area contributed by atoms with Gasteiger partial charge < -0.3 is 15.0 Å². The van der Waals surface area contributed by atoms with Gasteiger partial charge in [0.25, 0.3) is 9.70 Å². The van der Waals surface area contributed by atoms with Crippen molar-refractivity contribution in [1.82, 2.24) is 25.3 Å². The highest BCUT2D eigenvalue weighted by atomic mass is 35.6. The predicted molar refractivity (Wildman–Crippen MR) is 158 cm³/mol. The molecule has 0 saturated heterocycles. The summed E-state index contributed by atoms with van der Waals surface area (Å²) in [6.45, 7) is 4.77. The summed E-state index contributed by atoms with van der Waals surface area (Å²) in [5, 5.41) is 5.14. The van der Waals surface area contributed by atoms with Crippen LogP contribution in [0.5, 0.6) is 0 Å². The van der Waals surface area contributed by atoms with E-state index in [4.69, 9.17) is 49.5 Å². The second kappa shape index (κ2) is 12.0. The quantitative estimate of drug-likeness (QED) is 0.420. The van der Waals surface area contributed by atoms with Crippen LogP contribution in [-0.4, -0.2) is 70.9 Å². The molecule has 11 nitrogen and oxygen atoms in total. The van der Waals surface area contributed by atoms with Gasteiger partial charge in [-0.2, -0.15) is 4.98 Å². The molecule has 15 heteroatoms. The van der Waals surface area contributed by atoms with E-state index in [-0.39, 0.29) is 6.61 Å². The molecule has 2 amide bonds. The number of imide groups is 1. The molecule has 0 bridgehead atoms. The maximum Gasteiger partial charge on any atom is 0.414 e. The molecule has 0 unspecified atom stereocenters. The summed E-state index contributed by atoms with van der Waals surface area (Å²) in [4.78, 5) is 45.2. The molecule has 1 fully saturated rings. The third-order valence-corrected chi connectivity index (χ3v) is 8.88. The van der Waals surface area contributed by atoms with Crippen LogP contribution in [0.1, 0.15) is 62.5 Å². The van der Waals surface area contributed by atoms with Crippen LogP contribution < -0.4 is 15.5 Å². The highest BCUT2D eigenvalue weighted by molar-refractivity contribution is 7.85. The fourth-order valence-corrected chi connectivity index (χ4v) is 6.06. The van der Waals surface area contributed by atoms with E-state index in [0.29, 0.717) is 47.8 Å². The van der Waals surface area contributed by atoms with E-state index in [9.17, 15) is 13.8 Å². The van der Waals surface area contributed by atoms with Crippen LogP contribution in [0.15, 0.2) is 23.4 Å². The second-order valence-corrected chi connectivity index (χ2v) is 14.6. The number of hydrogen-bond acceptors (Lipinski definition) is 10. The van der Waals surface area contributed by atoms with E-state index in [1.807, 2.05) is 17.7 Å². The van der Waals surface area contributed by atoms with Crippen molar-refractivity contribution in [2.45, 2.75) is 66.1 Å². The minimum absolute atomic E-state index is 0.163. The lowest BCUT2D eigenvalue weighted by Gasteiger charge is -2.28. The van der Waals surface area contributed by atoms with E-state index in [1.165, 1.54) is 18.4 Å². The Bertz CT molecular complexity index is 1390. The Labute approximate surface area is 255 Å². The van der Waals surface area contributed by atoms with Crippen LogP contribution in [0, 0.1) is 0 Å². The van der Waals surface area contributed by atoms with Crippen LogP contribution in [0.25, 0.3) is 5.57 Å². The average molecular weight is 643 g/mol. The number of fused-ring (bicyclic) bond motifs is 1. The number of aryl methyl sites for hydroxylation is 1. The van der Waals surface area contributed by atoms with Crippen molar-refractivity contribution >= 4 is 74.9 Å². The van der Waals surface area contributed by atoms with Crippen molar-refractivity contribution in [2.24, 2.45) is 0 Å². The summed E-state index contributed by atoms with van der Waals surface area (Å²) in [5.41, 5.74) is 2.18. The molecule has 1 atom stereocenters. The van der Waals surface area contributed by atoms with Gasteiger partial charge >= 0.3 is 6.09 Å². The maximum absolute atomic E-state index is 12.9. The van der Waals surface area contributed by atoms with Crippen LogP contribution in [0.3, 0.4) is 0 Å². The van der Waals surface area contributed by atoms with Gasteiger partial charge in [0.2, 0.25) is 5.95 Å². The molecule has 4 heterocycles. The highest BCUT2D eigenvalue weighted by Crippen LogP contribution is 2.39. The SMILES string of the molecule is CC(C)(COC(=O)NC(=O)C(Cl)(Cl)Cl)Nc1nc(N2CCC=C(c3ncc(C4CC4)cn3)CC2)nc2c1[S@](=O)CC2. The van der Waals surface area contributed by atoms with Gasteiger partial charge in [-0.3, -0.25) is 14.3 Å². The number of ether oxygens (including phenoxy) is 1. The summed E-state index contributed by atoms with van der Waals surface area (Å²) >= 11 is 16.4. The number of nitrogens with zero attached hydrogens (tertiary/aromatic N) is 5. The number of alkyl carbamates (subject to hydrolysis) is 1. The Kier molecular flexibility index (Phi) is 8.75. The third kappa shape index (κ3) is 7.46. The van der Waals surface area contributed by atoms with Gasteiger partial charge in [0.05, 0.1) is 22.0 Å². The van der Waals surface area contributed by atoms with E-state index in [1.54, 1.807) is 13.8 Å². The number of nitrogens with one attached hydrogen (secondary N) is 2. The minimum Gasteiger partial charge on any atom is -0.447 e. The van der Waals surface area contributed by atoms with E-state index >= 15 is 0 Å². The normalized spacial score (nSPS) is 19.2. The molecule has 2 aliphatic heterocycles. The highest BCUT2D eigenvalue weighted by Gasteiger charge is 2.34. The summed E-state index contributed by atoms with van der Waals surface area (Å²) in [5.74, 6) is 1.66. The van der Waals surface area contributed by atoms with Crippen molar-refractivity contribution in [3.05, 3.63) is 35.6 Å². The summed E-state index contributed by atoms with van der Waals surface area (Å²) in [6.07, 6.45) is 9.51. The monoisotopic (exact) mass is 641 g/mol. The van der Waals surface area contributed by atoms with E-state index in [2.05, 4.69) is 26.3 Å². The number of rotatable bonds is 7. The molecular weight excluding hydrogens is 613 g/mol. The fourth-order valence-electron chi connectivity index (χ4n) is 4.61. The zero-order chi connectivity index (χ0) is 29.4. The predicted octanol–water partition coefficient (Wildman–Crippen LogP) is 4.31. The van der Waals surface area contributed by atoms with E-state index in [0.717, 1.165) is 29.9 Å². The molecule has 220 valence electrons. The van der Waals surface area contributed by atoms with Gasteiger partial charge in [-0.05, 0) is 56.6 Å². The lowest BCUT2D eigenvalue weighted by Crippen LogP contribution is -2.43. The Balaban J connectivity index is 1.27. The first-order valence-electron chi connectivity index (χ1n) is 13.3. The van der Waals surface area contributed by atoms with Crippen molar-refractivity contribution in [2.75, 3.05) is 35.7 Å². The summed E-state index contributed by atoms with van der Waals surface area (Å²) in [7, 11) is -1.26. The molecular formula is C26H30Cl3N7O4S. The smallest absolute Gasteiger partial charge is 0.414 e. The molecule has 0 spiro atoms. The largest absolute Gasteiger partial charge is 0.447 e. The van der Waals surface area contributed by atoms with Gasteiger partial charge in [0.1, 0.15) is 17.3 Å². The molecule has 1 aliphatic carbocycles. The van der Waals surface area contributed by atoms with Gasteiger partial charge in [-0.15, -0.1) is 0 Å². The van der Waals surface area contributed by atoms with Crippen LogP contribution in [0.4, 0.5) is 16.6 Å². The van der Waals surface area contributed by atoms with Crippen LogP contribution >= 0.6 is 34.8 Å². The molecule has 0 radical (unpaired) electrons. The molecule has 5 rings (SSSR count). The number of carbonyl (C=O) groups excluding carboxylic acids is 2. The van der Waals surface area contributed by atoms with Gasteiger partial charge in [-0.1, -0.05) is 40.9 Å². The van der Waals surface area contributed by atoms with Crippen molar-refractivity contribution in [3.8, 4) is 0 Å². The van der Waals surface area contributed by atoms with Crippen LogP contribution in [-0.2, 0) is 26.8 Å². The van der Waals surface area contributed by atoms with Gasteiger partial charge in [0.15, 0.2) is 5.82 Å². The standard InChI is InChI=1S/C26H30Cl3N7O4S/c1-25(2,14-40-24(38)34-22(37)26(27,28)29)35-21-19-18(8-11-41(19)39)32-23(33-21)36-9-3-4-16(7-10-36)20-30-12-17(13-31-20)15-5-6-15/h4,12-13,15H,3,5-11,14H2,1-2H3,(H,32,33,35)(H,34,37,38)/t41-/m1/s1. The van der Waals surface area contributed by atoms with Gasteiger partial charge in [-0.25, -0.2) is 19.7 Å². The van der Waals surface area contributed by atoms with Crippen molar-refractivity contribution in [3.63, 3.8) is 0 Å². The Morgan fingerprint density at radius 2 is 1.85 bits per heavy atom. The topological polar surface area (TPSA) is 139 Å². The zero-order valence-corrected chi connectivity index (χ0v) is 25.7. The summed E-state index contributed by atoms with van der Waals surface area (Å²) < 4.78 is 15.7. The molecule has 2 aromatic heterocycles.